The first-order valence-electron chi connectivity index (χ1n) is 10.5. The average Bonchev–Trinajstić information content (AvgIpc) is 3.11. The minimum absolute atomic E-state index is 0.0921. The number of hydrogen-bond donors (Lipinski definition) is 1. The van der Waals surface area contributed by atoms with E-state index in [0.717, 1.165) is 4.90 Å². The molecule has 2 amide bonds. The second-order valence-corrected chi connectivity index (χ2v) is 7.82. The standard InChI is InChI=1S/C26H19ClN2O7/c1-34-20-5-3-4-18(14-20)29-23(30)21(27)22(24(29)31)28-17-10-6-16(7-11-17)26(33)36-19-12-8-15(9-13-19)25(32)35-2/h3-14,28H,1-2H3. The summed E-state index contributed by atoms with van der Waals surface area (Å²) in [6, 6.07) is 18.5. The van der Waals surface area contributed by atoms with Gasteiger partial charge in [0.05, 0.1) is 31.0 Å². The van der Waals surface area contributed by atoms with Crippen LogP contribution in [0.2, 0.25) is 0 Å². The summed E-state index contributed by atoms with van der Waals surface area (Å²) in [4.78, 5) is 50.5. The van der Waals surface area contributed by atoms with Gasteiger partial charge in [0.1, 0.15) is 22.2 Å². The number of ether oxygens (including phenoxy) is 3. The van der Waals surface area contributed by atoms with Crippen molar-refractivity contribution in [2.24, 2.45) is 0 Å². The van der Waals surface area contributed by atoms with Gasteiger partial charge in [0.2, 0.25) is 0 Å². The second-order valence-electron chi connectivity index (χ2n) is 7.44. The summed E-state index contributed by atoms with van der Waals surface area (Å²) < 4.78 is 15.1. The summed E-state index contributed by atoms with van der Waals surface area (Å²) in [7, 11) is 2.75. The number of carbonyl (C=O) groups is 4. The van der Waals surface area contributed by atoms with Crippen molar-refractivity contribution in [2.45, 2.75) is 0 Å². The molecule has 0 fully saturated rings. The van der Waals surface area contributed by atoms with Crippen LogP contribution in [0.4, 0.5) is 11.4 Å². The van der Waals surface area contributed by atoms with Crippen LogP contribution < -0.4 is 19.7 Å². The third kappa shape index (κ3) is 4.91. The summed E-state index contributed by atoms with van der Waals surface area (Å²) in [5.74, 6) is -1.69. The molecule has 0 saturated carbocycles. The van der Waals surface area contributed by atoms with E-state index in [0.29, 0.717) is 22.7 Å². The monoisotopic (exact) mass is 506 g/mol. The predicted octanol–water partition coefficient (Wildman–Crippen LogP) is 4.14. The lowest BCUT2D eigenvalue weighted by molar-refractivity contribution is -0.120. The Morgan fingerprint density at radius 1 is 0.806 bits per heavy atom. The molecule has 0 bridgehead atoms. The van der Waals surface area contributed by atoms with Crippen molar-refractivity contribution in [1.82, 2.24) is 0 Å². The molecule has 9 nitrogen and oxygen atoms in total. The molecule has 36 heavy (non-hydrogen) atoms. The van der Waals surface area contributed by atoms with Crippen molar-refractivity contribution in [2.75, 3.05) is 24.4 Å². The van der Waals surface area contributed by atoms with Crippen LogP contribution in [0.5, 0.6) is 11.5 Å². The molecular weight excluding hydrogens is 488 g/mol. The van der Waals surface area contributed by atoms with Gasteiger partial charge in [-0.3, -0.25) is 9.59 Å². The van der Waals surface area contributed by atoms with E-state index in [9.17, 15) is 19.2 Å². The number of anilines is 2. The van der Waals surface area contributed by atoms with Gasteiger partial charge in [-0.25, -0.2) is 14.5 Å². The highest BCUT2D eigenvalue weighted by Crippen LogP contribution is 2.31. The normalized spacial score (nSPS) is 13.0. The van der Waals surface area contributed by atoms with Crippen LogP contribution in [0.15, 0.2) is 83.5 Å². The SMILES string of the molecule is COC(=O)c1ccc(OC(=O)c2ccc(NC3=C(Cl)C(=O)N(c4cccc(OC)c4)C3=O)cc2)cc1. The number of hydrogen-bond acceptors (Lipinski definition) is 8. The second kappa shape index (κ2) is 10.3. The lowest BCUT2D eigenvalue weighted by Gasteiger charge is -2.16. The van der Waals surface area contributed by atoms with Crippen molar-refractivity contribution < 1.29 is 33.4 Å². The van der Waals surface area contributed by atoms with Gasteiger partial charge in [0.25, 0.3) is 11.8 Å². The quantitative estimate of drug-likeness (QED) is 0.289. The topological polar surface area (TPSA) is 111 Å². The summed E-state index contributed by atoms with van der Waals surface area (Å²) in [6.07, 6.45) is 0. The van der Waals surface area contributed by atoms with Gasteiger partial charge < -0.3 is 19.5 Å². The molecule has 0 aliphatic carbocycles. The fourth-order valence-electron chi connectivity index (χ4n) is 3.37. The third-order valence-electron chi connectivity index (χ3n) is 5.21. The number of halogens is 1. The van der Waals surface area contributed by atoms with Crippen LogP contribution >= 0.6 is 11.6 Å². The molecule has 4 rings (SSSR count). The maximum Gasteiger partial charge on any atom is 0.343 e. The number of amides is 2. The fourth-order valence-corrected chi connectivity index (χ4v) is 3.58. The van der Waals surface area contributed by atoms with Crippen molar-refractivity contribution >= 4 is 46.7 Å². The van der Waals surface area contributed by atoms with E-state index < -0.39 is 23.8 Å². The highest BCUT2D eigenvalue weighted by molar-refractivity contribution is 6.53. The van der Waals surface area contributed by atoms with Crippen LogP contribution in [0.25, 0.3) is 0 Å². The number of carbonyl (C=O) groups excluding carboxylic acids is 4. The van der Waals surface area contributed by atoms with E-state index in [-0.39, 0.29) is 22.0 Å². The van der Waals surface area contributed by atoms with Gasteiger partial charge in [-0.05, 0) is 60.7 Å². The minimum atomic E-state index is -0.671. The Kier molecular flexibility index (Phi) is 7.03. The first-order chi connectivity index (χ1) is 17.3. The largest absolute Gasteiger partial charge is 0.497 e. The number of esters is 2. The van der Waals surface area contributed by atoms with Gasteiger partial charge in [0, 0.05) is 11.8 Å². The van der Waals surface area contributed by atoms with Gasteiger partial charge in [-0.1, -0.05) is 17.7 Å². The lowest BCUT2D eigenvalue weighted by atomic mass is 10.2. The third-order valence-corrected chi connectivity index (χ3v) is 5.57. The summed E-state index contributed by atoms with van der Waals surface area (Å²) >= 11 is 6.17. The van der Waals surface area contributed by atoms with Crippen LogP contribution in [0, 0.1) is 0 Å². The molecule has 1 heterocycles. The summed E-state index contributed by atoms with van der Waals surface area (Å²) in [6.45, 7) is 0. The molecule has 1 aliphatic heterocycles. The predicted molar refractivity (Wildman–Crippen MR) is 131 cm³/mol. The summed E-state index contributed by atoms with van der Waals surface area (Å²) in [5, 5.41) is 2.58. The maximum absolute atomic E-state index is 13.0. The van der Waals surface area contributed by atoms with E-state index in [2.05, 4.69) is 10.1 Å². The number of rotatable bonds is 7. The average molecular weight is 507 g/mol. The Hall–Kier alpha value is -4.63. The molecule has 1 aliphatic rings. The first kappa shape index (κ1) is 24.5. The molecule has 10 heteroatoms. The molecule has 182 valence electrons. The smallest absolute Gasteiger partial charge is 0.343 e. The highest BCUT2D eigenvalue weighted by Gasteiger charge is 2.39. The van der Waals surface area contributed by atoms with E-state index in [1.807, 2.05) is 0 Å². The molecule has 3 aromatic rings. The first-order valence-corrected chi connectivity index (χ1v) is 10.9. The Labute approximate surface area is 210 Å². The molecule has 0 radical (unpaired) electrons. The van der Waals surface area contributed by atoms with E-state index in [4.69, 9.17) is 21.1 Å². The Bertz CT molecular complexity index is 1380. The zero-order valence-electron chi connectivity index (χ0n) is 19.1. The Morgan fingerprint density at radius 2 is 1.44 bits per heavy atom. The molecule has 0 unspecified atom stereocenters. The molecule has 1 N–H and O–H groups in total. The molecule has 0 saturated heterocycles. The van der Waals surface area contributed by atoms with Crippen molar-refractivity contribution in [3.05, 3.63) is 94.7 Å². The highest BCUT2D eigenvalue weighted by atomic mass is 35.5. The van der Waals surface area contributed by atoms with Crippen molar-refractivity contribution in [3.8, 4) is 11.5 Å². The Morgan fingerprint density at radius 3 is 2.08 bits per heavy atom. The molecular formula is C26H19ClN2O7. The van der Waals surface area contributed by atoms with Crippen molar-refractivity contribution in [1.29, 1.82) is 0 Å². The molecule has 0 aromatic heterocycles. The Balaban J connectivity index is 1.44. The lowest BCUT2D eigenvalue weighted by Crippen LogP contribution is -2.32. The number of methoxy groups -OCH3 is 2. The van der Waals surface area contributed by atoms with Gasteiger partial charge in [-0.15, -0.1) is 0 Å². The maximum atomic E-state index is 13.0. The van der Waals surface area contributed by atoms with Crippen LogP contribution in [0.3, 0.4) is 0 Å². The molecule has 0 spiro atoms. The van der Waals surface area contributed by atoms with E-state index in [1.54, 1.807) is 36.4 Å². The van der Waals surface area contributed by atoms with Gasteiger partial charge in [-0.2, -0.15) is 0 Å². The molecule has 0 atom stereocenters. The fraction of sp³-hybridized carbons (Fsp3) is 0.0769. The van der Waals surface area contributed by atoms with Crippen molar-refractivity contribution in [3.63, 3.8) is 0 Å². The summed E-state index contributed by atoms with van der Waals surface area (Å²) in [5.41, 5.74) is 1.22. The van der Waals surface area contributed by atoms with Gasteiger partial charge >= 0.3 is 11.9 Å². The van der Waals surface area contributed by atoms with E-state index >= 15 is 0 Å². The van der Waals surface area contributed by atoms with Gasteiger partial charge in [0.15, 0.2) is 0 Å². The number of nitrogens with one attached hydrogen (secondary N) is 1. The van der Waals surface area contributed by atoms with E-state index in [1.165, 1.54) is 50.6 Å². The number of nitrogens with zero attached hydrogens (tertiary/aromatic N) is 1. The van der Waals surface area contributed by atoms with Crippen LogP contribution in [-0.2, 0) is 14.3 Å². The zero-order chi connectivity index (χ0) is 25.8. The minimum Gasteiger partial charge on any atom is -0.497 e. The van der Waals surface area contributed by atoms with Crippen LogP contribution in [-0.4, -0.2) is 38.0 Å². The molecule has 3 aromatic carbocycles. The zero-order valence-corrected chi connectivity index (χ0v) is 19.9. The number of benzene rings is 3. The van der Waals surface area contributed by atoms with Crippen LogP contribution in [0.1, 0.15) is 20.7 Å². The number of imide groups is 1.